The Morgan fingerprint density at radius 2 is 1.85 bits per heavy atom. The molecule has 3 fully saturated rings. The molecule has 2 saturated heterocycles. The van der Waals surface area contributed by atoms with Gasteiger partial charge in [0.05, 0.1) is 19.3 Å². The normalized spacial score (nSPS) is 21.4. The van der Waals surface area contributed by atoms with E-state index < -0.39 is 17.7 Å². The molecule has 1 aromatic rings. The molecular weight excluding hydrogens is 496 g/mol. The minimum Gasteiger partial charge on any atom is -0.444 e. The first-order valence-electron chi connectivity index (χ1n) is 14.3. The van der Waals surface area contributed by atoms with Crippen LogP contribution in [-0.4, -0.2) is 85.8 Å². The highest BCUT2D eigenvalue weighted by atomic mass is 16.5. The van der Waals surface area contributed by atoms with E-state index in [1.54, 1.807) is 0 Å². The summed E-state index contributed by atoms with van der Waals surface area (Å²) in [7, 11) is 2.02. The number of morpholine rings is 1. The molecule has 214 valence electrons. The number of piperidine rings is 1. The van der Waals surface area contributed by atoms with Crippen molar-refractivity contribution in [1.82, 2.24) is 20.4 Å². The largest absolute Gasteiger partial charge is 0.444 e. The lowest BCUT2D eigenvalue weighted by Gasteiger charge is -2.37. The Morgan fingerprint density at radius 1 is 1.15 bits per heavy atom. The third-order valence-electron chi connectivity index (χ3n) is 8.02. The number of guanidine groups is 1. The van der Waals surface area contributed by atoms with Crippen molar-refractivity contribution in [1.29, 1.82) is 5.26 Å². The maximum atomic E-state index is 13.8. The van der Waals surface area contributed by atoms with Crippen LogP contribution >= 0.6 is 0 Å². The molecule has 3 aliphatic rings. The molecule has 0 bridgehead atoms. The minimum atomic E-state index is -0.898. The molecule has 0 unspecified atom stereocenters. The van der Waals surface area contributed by atoms with Gasteiger partial charge >= 0.3 is 6.09 Å². The summed E-state index contributed by atoms with van der Waals surface area (Å²) in [6.07, 6.45) is 6.76. The summed E-state index contributed by atoms with van der Waals surface area (Å²) in [6, 6.07) is 11.1. The molecule has 1 aliphatic carbocycles. The van der Waals surface area contributed by atoms with Crippen molar-refractivity contribution >= 4 is 18.0 Å². The maximum absolute atomic E-state index is 13.8. The second kappa shape index (κ2) is 14.3. The van der Waals surface area contributed by atoms with Gasteiger partial charge in [-0.25, -0.2) is 9.79 Å². The molecule has 0 spiro atoms. The van der Waals surface area contributed by atoms with Crippen LogP contribution in [0.5, 0.6) is 0 Å². The Kier molecular flexibility index (Phi) is 10.6. The molecule has 2 amide bonds. The molecule has 0 radical (unpaired) electrons. The van der Waals surface area contributed by atoms with Crippen LogP contribution in [0.15, 0.2) is 35.3 Å². The predicted octanol–water partition coefficient (Wildman–Crippen LogP) is 3.29. The van der Waals surface area contributed by atoms with E-state index in [-0.39, 0.29) is 13.9 Å². The Labute approximate surface area is 233 Å². The monoisotopic (exact) mass is 540 g/mol. The molecule has 4 rings (SSSR count). The first-order valence-corrected chi connectivity index (χ1v) is 14.3. The Hall–Kier alpha value is -3.16. The van der Waals surface area contributed by atoms with Gasteiger partial charge in [0, 0.05) is 27.6 Å². The van der Waals surface area contributed by atoms with E-state index in [0.29, 0.717) is 57.4 Å². The summed E-state index contributed by atoms with van der Waals surface area (Å²) in [6.45, 7) is 3.73. The van der Waals surface area contributed by atoms with E-state index >= 15 is 0 Å². The lowest BCUT2D eigenvalue weighted by Crippen LogP contribution is -2.56. The molecule has 10 nitrogen and oxygen atoms in total. The second-order valence-corrected chi connectivity index (χ2v) is 11.0. The zero-order chi connectivity index (χ0) is 27.5. The fourth-order valence-corrected chi connectivity index (χ4v) is 5.51. The number of rotatable bonds is 7. The topological polar surface area (TPSA) is 119 Å². The molecular formula is C29H44N6O4. The van der Waals surface area contributed by atoms with Crippen molar-refractivity contribution in [3.63, 3.8) is 0 Å². The van der Waals surface area contributed by atoms with Gasteiger partial charge in [0.25, 0.3) is 0 Å². The zero-order valence-electron chi connectivity index (χ0n) is 23.1. The fraction of sp³-hybridized carbons (Fsp3) is 0.655. The van der Waals surface area contributed by atoms with Gasteiger partial charge in [0.1, 0.15) is 18.2 Å². The number of aliphatic imine (C=N–C) groups is 1. The predicted molar refractivity (Wildman–Crippen MR) is 150 cm³/mol. The molecule has 2 heterocycles. The maximum Gasteiger partial charge on any atom is 0.414 e. The second-order valence-electron chi connectivity index (χ2n) is 11.0. The lowest BCUT2D eigenvalue weighted by molar-refractivity contribution is -0.124. The number of benzene rings is 1. The number of ether oxygens (including phenoxy) is 2. The number of hydrogen-bond donors (Lipinski definition) is 2. The summed E-state index contributed by atoms with van der Waals surface area (Å²) < 4.78 is 11.0. The molecule has 39 heavy (non-hydrogen) atoms. The van der Waals surface area contributed by atoms with Crippen LogP contribution in [0.25, 0.3) is 0 Å². The van der Waals surface area contributed by atoms with Crippen LogP contribution in [0.3, 0.4) is 0 Å². The van der Waals surface area contributed by atoms with E-state index in [1.807, 2.05) is 42.3 Å². The smallest absolute Gasteiger partial charge is 0.414 e. The van der Waals surface area contributed by atoms with E-state index in [4.69, 9.17) is 14.5 Å². The summed E-state index contributed by atoms with van der Waals surface area (Å²) in [4.78, 5) is 35.6. The van der Waals surface area contributed by atoms with Crippen molar-refractivity contribution in [3.05, 3.63) is 35.9 Å². The van der Waals surface area contributed by atoms with Crippen molar-refractivity contribution < 1.29 is 20.5 Å². The SMILES string of the molecule is CN1CCC(C#N)(NC(=O)[C@H](CC2CCCCC2)N=C(NC(=O)OCc2ccccc2)N2CCOCC2)CC1.[HH]. The van der Waals surface area contributed by atoms with Crippen molar-refractivity contribution in [2.24, 2.45) is 10.9 Å². The van der Waals surface area contributed by atoms with Crippen LogP contribution in [-0.2, 0) is 20.9 Å². The van der Waals surface area contributed by atoms with Crippen LogP contribution in [0.1, 0.15) is 58.4 Å². The standard InChI is InChI=1S/C29H42N6O4.H2/c1-34-14-12-29(22-30,13-15-34)33-26(36)25(20-23-8-4-2-5-9-23)31-27(35-16-18-38-19-17-35)32-28(37)39-21-24-10-6-3-7-11-24;/h3,6-7,10-11,23,25H,2,4-5,8-9,12-21H2,1H3,(H,33,36)(H,31,32,37);1H/t25-;/m0./s1. The average molecular weight is 541 g/mol. The van der Waals surface area contributed by atoms with Crippen LogP contribution in [0, 0.1) is 17.2 Å². The third kappa shape index (κ3) is 8.67. The first kappa shape index (κ1) is 28.8. The Balaban J connectivity index is 0.00000441. The van der Waals surface area contributed by atoms with Crippen molar-refractivity contribution in [2.45, 2.75) is 69.6 Å². The fourth-order valence-electron chi connectivity index (χ4n) is 5.51. The lowest BCUT2D eigenvalue weighted by atomic mass is 9.84. The van der Waals surface area contributed by atoms with Crippen LogP contribution in [0.2, 0.25) is 0 Å². The molecule has 1 aromatic carbocycles. The summed E-state index contributed by atoms with van der Waals surface area (Å²) >= 11 is 0. The van der Waals surface area contributed by atoms with Crippen molar-refractivity contribution in [2.75, 3.05) is 46.4 Å². The number of nitrogens with zero attached hydrogens (tertiary/aromatic N) is 4. The van der Waals surface area contributed by atoms with Gasteiger partial charge in [-0.3, -0.25) is 10.1 Å². The quantitative estimate of drug-likeness (QED) is 0.402. The van der Waals surface area contributed by atoms with E-state index in [1.165, 1.54) is 6.42 Å². The molecule has 2 N–H and O–H groups in total. The summed E-state index contributed by atoms with van der Waals surface area (Å²) in [5, 5.41) is 15.9. The number of alkyl carbamates (subject to hydrolysis) is 1. The minimum absolute atomic E-state index is 0. The Bertz CT molecular complexity index is 1010. The Morgan fingerprint density at radius 3 is 2.51 bits per heavy atom. The third-order valence-corrected chi connectivity index (χ3v) is 8.02. The molecule has 1 saturated carbocycles. The first-order chi connectivity index (χ1) is 19.0. The van der Waals surface area contributed by atoms with Gasteiger partial charge < -0.3 is 24.6 Å². The highest BCUT2D eigenvalue weighted by Crippen LogP contribution is 2.29. The van der Waals surface area contributed by atoms with Gasteiger partial charge in [0.2, 0.25) is 11.9 Å². The number of likely N-dealkylation sites (tertiary alicyclic amines) is 1. The number of carbonyl (C=O) groups is 2. The molecule has 10 heteroatoms. The van der Waals surface area contributed by atoms with Gasteiger partial charge in [0.15, 0.2) is 0 Å². The van der Waals surface area contributed by atoms with Crippen LogP contribution < -0.4 is 10.6 Å². The van der Waals surface area contributed by atoms with Gasteiger partial charge in [-0.15, -0.1) is 0 Å². The summed E-state index contributed by atoms with van der Waals surface area (Å²) in [5.74, 6) is 0.448. The molecule has 1 atom stereocenters. The average Bonchev–Trinajstić information content (AvgIpc) is 2.98. The van der Waals surface area contributed by atoms with E-state index in [9.17, 15) is 14.9 Å². The highest BCUT2D eigenvalue weighted by Gasteiger charge is 2.38. The number of carbonyl (C=O) groups excluding carboxylic acids is 2. The molecule has 0 aromatic heterocycles. The van der Waals surface area contributed by atoms with Crippen LogP contribution in [0.4, 0.5) is 4.79 Å². The van der Waals surface area contributed by atoms with Gasteiger partial charge in [-0.1, -0.05) is 62.4 Å². The van der Waals surface area contributed by atoms with E-state index in [0.717, 1.165) is 44.3 Å². The number of nitriles is 1. The highest BCUT2D eigenvalue weighted by molar-refractivity contribution is 5.96. The zero-order valence-corrected chi connectivity index (χ0v) is 23.1. The summed E-state index contributed by atoms with van der Waals surface area (Å²) in [5.41, 5.74) is -0.0162. The molecule has 2 aliphatic heterocycles. The van der Waals surface area contributed by atoms with Crippen molar-refractivity contribution in [3.8, 4) is 6.07 Å². The van der Waals surface area contributed by atoms with E-state index in [2.05, 4.69) is 21.6 Å². The number of amides is 2. The number of nitrogens with one attached hydrogen (secondary N) is 2. The number of hydrogen-bond acceptors (Lipinski definition) is 7. The van der Waals surface area contributed by atoms with Gasteiger partial charge in [-0.2, -0.15) is 5.26 Å². The van der Waals surface area contributed by atoms with Gasteiger partial charge in [-0.05, 0) is 37.8 Å².